The van der Waals surface area contributed by atoms with E-state index < -0.39 is 10.0 Å². The fraction of sp³-hybridized carbons (Fsp3) is 1.00. The second-order valence-corrected chi connectivity index (χ2v) is 5.25. The van der Waals surface area contributed by atoms with Gasteiger partial charge in [-0.2, -0.15) is 0 Å². The molecule has 0 unspecified atom stereocenters. The van der Waals surface area contributed by atoms with Crippen molar-refractivity contribution in [2.75, 3.05) is 30.4 Å². The molecular weight excluding hydrogens is 293 g/mol. The van der Waals surface area contributed by atoms with Crippen molar-refractivity contribution in [1.29, 1.82) is 0 Å². The zero-order chi connectivity index (χ0) is 9.45. The summed E-state index contributed by atoms with van der Waals surface area (Å²) in [6, 6.07) is 0. The molecule has 0 radical (unpaired) electrons. The van der Waals surface area contributed by atoms with Gasteiger partial charge in [0.1, 0.15) is 0 Å². The normalized spacial score (nSPS) is 11.8. The average Bonchev–Trinajstić information content (AvgIpc) is 2.01. The van der Waals surface area contributed by atoms with Crippen molar-refractivity contribution in [3.8, 4) is 0 Å². The van der Waals surface area contributed by atoms with Crippen molar-refractivity contribution in [3.63, 3.8) is 0 Å². The molecule has 0 saturated heterocycles. The topological polar surface area (TPSA) is 55.4 Å². The molecule has 0 aromatic carbocycles. The maximum Gasteiger partial charge on any atom is 0.213 e. The lowest BCUT2D eigenvalue weighted by Crippen LogP contribution is -2.29. The van der Waals surface area contributed by atoms with Crippen LogP contribution in [0.1, 0.15) is 6.42 Å². The second-order valence-electron chi connectivity index (χ2n) is 2.25. The minimum Gasteiger partial charge on any atom is -0.384 e. The van der Waals surface area contributed by atoms with E-state index >= 15 is 0 Å². The van der Waals surface area contributed by atoms with E-state index in [2.05, 4.69) is 32.0 Å². The average molecular weight is 307 g/mol. The summed E-state index contributed by atoms with van der Waals surface area (Å²) in [7, 11) is -1.61. The number of methoxy groups -OCH3 is 1. The summed E-state index contributed by atoms with van der Waals surface area (Å²) in [6.45, 7) is 0.772. The summed E-state index contributed by atoms with van der Waals surface area (Å²) in [5.74, 6) is 0.0464. The first-order valence-electron chi connectivity index (χ1n) is 3.64. The summed E-state index contributed by atoms with van der Waals surface area (Å²) < 4.78 is 30.2. The predicted molar refractivity (Wildman–Crippen MR) is 57.2 cm³/mol. The minimum atomic E-state index is -3.09. The van der Waals surface area contributed by atoms with Gasteiger partial charge < -0.3 is 4.74 Å². The standard InChI is InChI=1S/C6H14INO3S/c1-11-5-6-12(9,10)8-4-2-3-7/h8H,2-6H2,1H3. The molecule has 0 bridgehead atoms. The number of nitrogens with one attached hydrogen (secondary N) is 1. The molecule has 0 spiro atoms. The first kappa shape index (κ1) is 12.6. The molecule has 0 saturated carbocycles. The highest BCUT2D eigenvalue weighted by atomic mass is 127. The van der Waals surface area contributed by atoms with Crippen LogP contribution in [-0.4, -0.2) is 38.9 Å². The molecule has 4 nitrogen and oxygen atoms in total. The van der Waals surface area contributed by atoms with Gasteiger partial charge in [0, 0.05) is 18.1 Å². The lowest BCUT2D eigenvalue weighted by Gasteiger charge is -2.04. The van der Waals surface area contributed by atoms with Crippen LogP contribution in [0, 0.1) is 0 Å². The van der Waals surface area contributed by atoms with E-state index in [0.717, 1.165) is 10.8 Å². The quantitative estimate of drug-likeness (QED) is 0.420. The van der Waals surface area contributed by atoms with Crippen LogP contribution >= 0.6 is 22.6 Å². The Hall–Kier alpha value is 0.600. The Labute approximate surface area is 87.2 Å². The molecule has 0 aromatic heterocycles. The largest absolute Gasteiger partial charge is 0.384 e. The van der Waals surface area contributed by atoms with Crippen LogP contribution in [0.15, 0.2) is 0 Å². The Bertz CT molecular complexity index is 193. The third kappa shape index (κ3) is 7.26. The summed E-state index contributed by atoms with van der Waals surface area (Å²) in [6.07, 6.45) is 0.868. The van der Waals surface area contributed by atoms with E-state index in [0.29, 0.717) is 6.54 Å². The van der Waals surface area contributed by atoms with Crippen LogP contribution in [0.5, 0.6) is 0 Å². The summed E-state index contributed by atoms with van der Waals surface area (Å²) in [5, 5.41) is 0. The Morgan fingerprint density at radius 3 is 2.67 bits per heavy atom. The number of hydrogen-bond donors (Lipinski definition) is 1. The molecule has 0 heterocycles. The van der Waals surface area contributed by atoms with Crippen LogP contribution in [0.4, 0.5) is 0 Å². The number of hydrogen-bond acceptors (Lipinski definition) is 3. The van der Waals surface area contributed by atoms with E-state index in [1.807, 2.05) is 0 Å². The van der Waals surface area contributed by atoms with Gasteiger partial charge >= 0.3 is 0 Å². The SMILES string of the molecule is COCCS(=O)(=O)NCCCI. The lowest BCUT2D eigenvalue weighted by atomic mass is 10.5. The van der Waals surface area contributed by atoms with E-state index in [4.69, 9.17) is 0 Å². The van der Waals surface area contributed by atoms with Crippen molar-refractivity contribution >= 4 is 32.6 Å². The van der Waals surface area contributed by atoms with Crippen molar-refractivity contribution in [3.05, 3.63) is 0 Å². The highest BCUT2D eigenvalue weighted by molar-refractivity contribution is 14.1. The molecule has 6 heteroatoms. The minimum absolute atomic E-state index is 0.0464. The molecule has 0 rings (SSSR count). The Balaban J connectivity index is 3.58. The molecule has 0 atom stereocenters. The molecule has 0 amide bonds. The van der Waals surface area contributed by atoms with E-state index in [1.165, 1.54) is 7.11 Å². The molecular formula is C6H14INO3S. The van der Waals surface area contributed by atoms with Crippen LogP contribution in [0.3, 0.4) is 0 Å². The van der Waals surface area contributed by atoms with Gasteiger partial charge in [-0.3, -0.25) is 0 Å². The zero-order valence-electron chi connectivity index (χ0n) is 7.05. The molecule has 12 heavy (non-hydrogen) atoms. The lowest BCUT2D eigenvalue weighted by molar-refractivity contribution is 0.217. The smallest absolute Gasteiger partial charge is 0.213 e. The number of rotatable bonds is 7. The number of sulfonamides is 1. The van der Waals surface area contributed by atoms with Gasteiger partial charge in [0.2, 0.25) is 10.0 Å². The van der Waals surface area contributed by atoms with Gasteiger partial charge in [0.15, 0.2) is 0 Å². The number of ether oxygens (including phenoxy) is 1. The molecule has 74 valence electrons. The van der Waals surface area contributed by atoms with Crippen LogP contribution in [0.2, 0.25) is 0 Å². The molecule has 0 aliphatic carbocycles. The van der Waals surface area contributed by atoms with Crippen molar-refractivity contribution in [1.82, 2.24) is 4.72 Å². The Kier molecular flexibility index (Phi) is 7.40. The second kappa shape index (κ2) is 7.05. The van der Waals surface area contributed by atoms with E-state index in [1.54, 1.807) is 0 Å². The summed E-state index contributed by atoms with van der Waals surface area (Å²) >= 11 is 2.21. The zero-order valence-corrected chi connectivity index (χ0v) is 10.0. The highest BCUT2D eigenvalue weighted by Crippen LogP contribution is 1.89. The maximum absolute atomic E-state index is 11.1. The van der Waals surface area contributed by atoms with Crippen LogP contribution < -0.4 is 4.72 Å². The van der Waals surface area contributed by atoms with Crippen LogP contribution in [0.25, 0.3) is 0 Å². The monoisotopic (exact) mass is 307 g/mol. The van der Waals surface area contributed by atoms with Crippen molar-refractivity contribution in [2.24, 2.45) is 0 Å². The van der Waals surface area contributed by atoms with Gasteiger partial charge in [0.05, 0.1) is 12.4 Å². The Morgan fingerprint density at radius 2 is 2.17 bits per heavy atom. The first-order chi connectivity index (χ1) is 5.62. The fourth-order valence-corrected chi connectivity index (χ4v) is 1.93. The molecule has 0 aliphatic heterocycles. The third-order valence-electron chi connectivity index (χ3n) is 1.19. The van der Waals surface area contributed by atoms with Crippen molar-refractivity contribution in [2.45, 2.75) is 6.42 Å². The molecule has 0 fully saturated rings. The third-order valence-corrected chi connectivity index (χ3v) is 3.30. The van der Waals surface area contributed by atoms with E-state index in [-0.39, 0.29) is 12.4 Å². The van der Waals surface area contributed by atoms with Crippen LogP contribution in [-0.2, 0) is 14.8 Å². The maximum atomic E-state index is 11.1. The molecule has 0 aromatic rings. The predicted octanol–water partition coefficient (Wildman–Crippen LogP) is 0.377. The van der Waals surface area contributed by atoms with E-state index in [9.17, 15) is 8.42 Å². The number of halogens is 1. The van der Waals surface area contributed by atoms with Crippen molar-refractivity contribution < 1.29 is 13.2 Å². The molecule has 0 aliphatic rings. The summed E-state index contributed by atoms with van der Waals surface area (Å²) in [5.41, 5.74) is 0. The van der Waals surface area contributed by atoms with Gasteiger partial charge in [-0.05, 0) is 6.42 Å². The number of alkyl halides is 1. The Morgan fingerprint density at radius 1 is 1.50 bits per heavy atom. The fourth-order valence-electron chi connectivity index (χ4n) is 0.560. The van der Waals surface area contributed by atoms with Gasteiger partial charge in [-0.15, -0.1) is 0 Å². The first-order valence-corrected chi connectivity index (χ1v) is 6.82. The van der Waals surface area contributed by atoms with Gasteiger partial charge in [-0.1, -0.05) is 22.6 Å². The van der Waals surface area contributed by atoms with Gasteiger partial charge in [-0.25, -0.2) is 13.1 Å². The van der Waals surface area contributed by atoms with Gasteiger partial charge in [0.25, 0.3) is 0 Å². The molecule has 1 N–H and O–H groups in total. The highest BCUT2D eigenvalue weighted by Gasteiger charge is 2.07. The summed E-state index contributed by atoms with van der Waals surface area (Å²) in [4.78, 5) is 0.